The van der Waals surface area contributed by atoms with Crippen molar-refractivity contribution in [1.29, 1.82) is 0 Å². The van der Waals surface area contributed by atoms with Crippen molar-refractivity contribution in [1.82, 2.24) is 14.8 Å². The van der Waals surface area contributed by atoms with Gasteiger partial charge in [0.1, 0.15) is 5.69 Å². The molecule has 0 saturated carbocycles. The van der Waals surface area contributed by atoms with Gasteiger partial charge in [0, 0.05) is 47.2 Å². The summed E-state index contributed by atoms with van der Waals surface area (Å²) < 4.78 is 1.92. The summed E-state index contributed by atoms with van der Waals surface area (Å²) in [7, 11) is 0. The first-order valence-corrected chi connectivity index (χ1v) is 12.5. The molecule has 0 radical (unpaired) electrons. The largest absolute Gasteiger partial charge is 0.477 e. The number of carbonyl (C=O) groups is 1. The molecule has 1 aromatic heterocycles. The third-order valence-corrected chi connectivity index (χ3v) is 7.19. The van der Waals surface area contributed by atoms with E-state index in [2.05, 4.69) is 40.5 Å². The highest BCUT2D eigenvalue weighted by molar-refractivity contribution is 6.30. The van der Waals surface area contributed by atoms with Crippen LogP contribution in [0.1, 0.15) is 40.0 Å². The third-order valence-electron chi connectivity index (χ3n) is 6.94. The maximum Gasteiger partial charge on any atom is 0.352 e. The average molecular weight is 488 g/mol. The molecule has 35 heavy (non-hydrogen) atoms. The number of hydrogen-bond acceptors (Lipinski definition) is 3. The number of nitrogens with one attached hydrogen (secondary N) is 1. The number of piperidine rings is 1. The Morgan fingerprint density at radius 1 is 0.886 bits per heavy atom. The number of benzene rings is 3. The van der Waals surface area contributed by atoms with E-state index in [-0.39, 0.29) is 0 Å². The van der Waals surface area contributed by atoms with E-state index in [0.717, 1.165) is 54.5 Å². The first-order chi connectivity index (χ1) is 17.1. The minimum Gasteiger partial charge on any atom is -0.477 e. The third kappa shape index (κ3) is 5.43. The lowest BCUT2D eigenvalue weighted by Gasteiger charge is -2.32. The Bertz CT molecular complexity index is 1290. The molecule has 0 amide bonds. The molecule has 1 saturated heterocycles. The maximum absolute atomic E-state index is 12.4. The Hall–Kier alpha value is -3.12. The van der Waals surface area contributed by atoms with Crippen molar-refractivity contribution < 1.29 is 9.90 Å². The molecule has 1 aliphatic rings. The number of rotatable bonds is 8. The van der Waals surface area contributed by atoms with Crippen LogP contribution in [-0.2, 0) is 19.6 Å². The van der Waals surface area contributed by atoms with Crippen molar-refractivity contribution >= 4 is 28.5 Å². The predicted molar refractivity (Wildman–Crippen MR) is 141 cm³/mol. The maximum atomic E-state index is 12.4. The van der Waals surface area contributed by atoms with Gasteiger partial charge in [-0.2, -0.15) is 0 Å². The smallest absolute Gasteiger partial charge is 0.352 e. The summed E-state index contributed by atoms with van der Waals surface area (Å²) in [6.45, 7) is 4.08. The summed E-state index contributed by atoms with van der Waals surface area (Å²) in [6, 6.07) is 26.5. The van der Waals surface area contributed by atoms with Gasteiger partial charge in [-0.3, -0.25) is 4.90 Å². The average Bonchev–Trinajstić information content (AvgIpc) is 3.19. The molecule has 0 bridgehead atoms. The minimum absolute atomic E-state index is 0.357. The first kappa shape index (κ1) is 23.6. The van der Waals surface area contributed by atoms with Crippen LogP contribution in [-0.4, -0.2) is 39.7 Å². The van der Waals surface area contributed by atoms with Gasteiger partial charge in [0.25, 0.3) is 0 Å². The van der Waals surface area contributed by atoms with Gasteiger partial charge >= 0.3 is 5.97 Å². The molecule has 180 valence electrons. The summed E-state index contributed by atoms with van der Waals surface area (Å²) in [4.78, 5) is 14.9. The van der Waals surface area contributed by atoms with Gasteiger partial charge in [0.2, 0.25) is 0 Å². The van der Waals surface area contributed by atoms with Crippen molar-refractivity contribution in [3.63, 3.8) is 0 Å². The van der Waals surface area contributed by atoms with E-state index in [1.54, 1.807) is 0 Å². The van der Waals surface area contributed by atoms with Gasteiger partial charge < -0.3 is 15.0 Å². The molecule has 5 nitrogen and oxygen atoms in total. The number of hydrogen-bond donors (Lipinski definition) is 2. The Labute approximate surface area is 210 Å². The number of halogens is 1. The van der Waals surface area contributed by atoms with Crippen LogP contribution in [0.3, 0.4) is 0 Å². The highest BCUT2D eigenvalue weighted by Crippen LogP contribution is 2.28. The number of nitrogens with zero attached hydrogens (tertiary/aromatic N) is 2. The molecule has 0 aliphatic carbocycles. The normalized spacial score (nSPS) is 15.0. The second-order valence-electron chi connectivity index (χ2n) is 9.28. The molecule has 5 rings (SSSR count). The summed E-state index contributed by atoms with van der Waals surface area (Å²) >= 11 is 6.05. The molecular weight excluding hydrogens is 458 g/mol. The second kappa shape index (κ2) is 10.6. The fourth-order valence-electron chi connectivity index (χ4n) is 5.12. The lowest BCUT2D eigenvalue weighted by Crippen LogP contribution is -2.42. The Kier molecular flexibility index (Phi) is 7.19. The van der Waals surface area contributed by atoms with E-state index < -0.39 is 5.97 Å². The zero-order valence-electron chi connectivity index (χ0n) is 19.7. The number of para-hydroxylation sites is 1. The zero-order valence-corrected chi connectivity index (χ0v) is 20.4. The summed E-state index contributed by atoms with van der Waals surface area (Å²) in [5, 5.41) is 15.5. The van der Waals surface area contributed by atoms with E-state index in [1.807, 2.05) is 53.1 Å². The molecule has 2 heterocycles. The van der Waals surface area contributed by atoms with Gasteiger partial charge in [0.05, 0.1) is 0 Å². The number of fused-ring (bicyclic) bond motifs is 1. The van der Waals surface area contributed by atoms with Crippen LogP contribution < -0.4 is 5.32 Å². The van der Waals surface area contributed by atoms with E-state index in [9.17, 15) is 9.90 Å². The van der Waals surface area contributed by atoms with Crippen LogP contribution in [0, 0.1) is 0 Å². The Morgan fingerprint density at radius 2 is 1.54 bits per heavy atom. The molecule has 2 N–H and O–H groups in total. The fraction of sp³-hybridized carbons (Fsp3) is 0.276. The lowest BCUT2D eigenvalue weighted by atomic mass is 10.0. The van der Waals surface area contributed by atoms with Crippen molar-refractivity contribution in [3.8, 4) is 0 Å². The summed E-state index contributed by atoms with van der Waals surface area (Å²) in [6.07, 6.45) is 2.11. The van der Waals surface area contributed by atoms with Crippen LogP contribution in [0.5, 0.6) is 0 Å². The van der Waals surface area contributed by atoms with Crippen molar-refractivity contribution in [3.05, 3.63) is 106 Å². The number of carboxylic acids is 1. The number of likely N-dealkylation sites (tertiary alicyclic amines) is 1. The molecular formula is C29H30ClN3O2. The monoisotopic (exact) mass is 487 g/mol. The molecule has 3 aromatic carbocycles. The minimum atomic E-state index is -0.898. The molecule has 1 aliphatic heterocycles. The van der Waals surface area contributed by atoms with E-state index in [4.69, 9.17) is 11.6 Å². The quantitative estimate of drug-likeness (QED) is 0.330. The molecule has 4 aromatic rings. The molecule has 0 spiro atoms. The van der Waals surface area contributed by atoms with Gasteiger partial charge in [-0.1, -0.05) is 72.3 Å². The molecule has 0 unspecified atom stereocenters. The molecule has 1 fully saturated rings. The topological polar surface area (TPSA) is 57.5 Å². The van der Waals surface area contributed by atoms with Crippen LogP contribution in [0.4, 0.5) is 0 Å². The summed E-state index contributed by atoms with van der Waals surface area (Å²) in [5.41, 5.74) is 4.51. The SMILES string of the molecule is O=C(O)c1c(CNC2CCN(Cc3ccccc3)CC2)c2ccccc2n1Cc1ccc(Cl)cc1. The van der Waals surface area contributed by atoms with E-state index in [1.165, 1.54) is 5.56 Å². The van der Waals surface area contributed by atoms with Crippen LogP contribution in [0.15, 0.2) is 78.9 Å². The van der Waals surface area contributed by atoms with Gasteiger partial charge in [-0.05, 0) is 55.3 Å². The lowest BCUT2D eigenvalue weighted by molar-refractivity contribution is 0.0684. The highest BCUT2D eigenvalue weighted by Gasteiger charge is 2.24. The fourth-order valence-corrected chi connectivity index (χ4v) is 5.24. The molecule has 6 heteroatoms. The van der Waals surface area contributed by atoms with Gasteiger partial charge in [-0.15, -0.1) is 0 Å². The predicted octanol–water partition coefficient (Wildman–Crippen LogP) is 5.80. The van der Waals surface area contributed by atoms with E-state index >= 15 is 0 Å². The van der Waals surface area contributed by atoms with Gasteiger partial charge in [0.15, 0.2) is 0 Å². The number of aromatic carboxylic acids is 1. The second-order valence-corrected chi connectivity index (χ2v) is 9.72. The van der Waals surface area contributed by atoms with Crippen LogP contribution >= 0.6 is 11.6 Å². The Morgan fingerprint density at radius 3 is 2.26 bits per heavy atom. The first-order valence-electron chi connectivity index (χ1n) is 12.2. The van der Waals surface area contributed by atoms with Crippen molar-refractivity contribution in [2.45, 2.75) is 38.5 Å². The van der Waals surface area contributed by atoms with Crippen molar-refractivity contribution in [2.24, 2.45) is 0 Å². The van der Waals surface area contributed by atoms with Crippen LogP contribution in [0.2, 0.25) is 5.02 Å². The number of carboxylic acid groups (broad SMARTS) is 1. The Balaban J connectivity index is 1.31. The number of aromatic nitrogens is 1. The van der Waals surface area contributed by atoms with E-state index in [0.29, 0.717) is 29.8 Å². The van der Waals surface area contributed by atoms with Crippen LogP contribution in [0.25, 0.3) is 10.9 Å². The zero-order chi connectivity index (χ0) is 24.2. The summed E-state index contributed by atoms with van der Waals surface area (Å²) in [5.74, 6) is -0.898. The highest BCUT2D eigenvalue weighted by atomic mass is 35.5. The standard InChI is InChI=1S/C29H30ClN3O2/c30-23-12-10-22(11-13-23)20-33-27-9-5-4-8-25(27)26(28(33)29(34)35)18-31-24-14-16-32(17-15-24)19-21-6-2-1-3-7-21/h1-13,24,31H,14-20H2,(H,34,35). The molecule has 0 atom stereocenters. The van der Waals surface area contributed by atoms with Gasteiger partial charge in [-0.25, -0.2) is 4.79 Å². The van der Waals surface area contributed by atoms with Crippen molar-refractivity contribution in [2.75, 3.05) is 13.1 Å².